The predicted octanol–water partition coefficient (Wildman–Crippen LogP) is 6.41. The average Bonchev–Trinajstić information content (AvgIpc) is 3.80. The van der Waals surface area contributed by atoms with E-state index in [0.29, 0.717) is 29.5 Å². The van der Waals surface area contributed by atoms with Crippen molar-refractivity contribution in [3.63, 3.8) is 0 Å². The topological polar surface area (TPSA) is 116 Å². The number of aromatic nitrogens is 4. The lowest BCUT2D eigenvalue weighted by atomic mass is 9.80. The van der Waals surface area contributed by atoms with Crippen LogP contribution >= 0.6 is 0 Å². The van der Waals surface area contributed by atoms with Crippen LogP contribution in [0, 0.1) is 31.5 Å². The Bertz CT molecular complexity index is 1760. The van der Waals surface area contributed by atoms with Crippen molar-refractivity contribution in [1.29, 1.82) is 0 Å². The van der Waals surface area contributed by atoms with Gasteiger partial charge in [0, 0.05) is 17.9 Å². The molecule has 4 bridgehead atoms. The first-order valence-electron chi connectivity index (χ1n) is 14.9. The Hall–Kier alpha value is -4.12. The molecule has 9 nitrogen and oxygen atoms in total. The quantitative estimate of drug-likeness (QED) is 0.253. The van der Waals surface area contributed by atoms with E-state index in [4.69, 9.17) is 9.47 Å². The molecule has 1 aliphatic heterocycles. The number of rotatable bonds is 7. The van der Waals surface area contributed by atoms with E-state index in [1.54, 1.807) is 24.5 Å². The van der Waals surface area contributed by atoms with Crippen molar-refractivity contribution < 1.29 is 22.3 Å². The van der Waals surface area contributed by atoms with Gasteiger partial charge in [0.1, 0.15) is 11.5 Å². The van der Waals surface area contributed by atoms with Gasteiger partial charge in [-0.25, -0.2) is 28.1 Å². The Labute approximate surface area is 257 Å². The van der Waals surface area contributed by atoms with E-state index in [1.807, 2.05) is 52.0 Å². The van der Waals surface area contributed by atoms with Crippen LogP contribution in [-0.2, 0) is 16.4 Å². The van der Waals surface area contributed by atoms with Crippen LogP contribution in [0.5, 0.6) is 11.6 Å². The van der Waals surface area contributed by atoms with Crippen molar-refractivity contribution in [1.82, 2.24) is 19.9 Å². The lowest BCUT2D eigenvalue weighted by molar-refractivity contribution is 0.193. The number of ether oxygens (including phenoxy) is 2. The van der Waals surface area contributed by atoms with Gasteiger partial charge in [-0.1, -0.05) is 43.2 Å². The third-order valence-corrected chi connectivity index (χ3v) is 9.48. The molecule has 2 aromatic heterocycles. The molecule has 44 heavy (non-hydrogen) atoms. The summed E-state index contributed by atoms with van der Waals surface area (Å²) in [6, 6.07) is 12.5. The fourth-order valence-corrected chi connectivity index (χ4v) is 6.86. The first-order valence-corrected chi connectivity index (χ1v) is 16.4. The molecule has 0 spiro atoms. The van der Waals surface area contributed by atoms with Crippen molar-refractivity contribution in [3.8, 4) is 22.9 Å². The summed E-state index contributed by atoms with van der Waals surface area (Å²) in [5.74, 6) is 0.127. The SMILES string of the molecule is Cc1cccc(C)c1-c1nc2nc(c1F)OC[C@@H](CC1CC1)C(Cc1ncc(OC(C)C)cn1)c1cccc(c1)S(=O)(=O)N2. The van der Waals surface area contributed by atoms with Crippen LogP contribution in [0.3, 0.4) is 0 Å². The third kappa shape index (κ3) is 6.52. The van der Waals surface area contributed by atoms with Crippen molar-refractivity contribution in [2.24, 2.45) is 11.8 Å². The largest absolute Gasteiger partial charge is 0.488 e. The summed E-state index contributed by atoms with van der Waals surface area (Å²) in [6.07, 6.45) is 6.79. The molecule has 6 rings (SSSR count). The van der Waals surface area contributed by atoms with Crippen LogP contribution in [0.2, 0.25) is 0 Å². The molecule has 0 amide bonds. The third-order valence-electron chi connectivity index (χ3n) is 8.15. The smallest absolute Gasteiger partial charge is 0.264 e. The minimum atomic E-state index is -4.12. The molecule has 1 unspecified atom stereocenters. The van der Waals surface area contributed by atoms with Gasteiger partial charge in [-0.2, -0.15) is 9.37 Å². The number of sulfonamides is 1. The number of fused-ring (bicyclic) bond motifs is 4. The summed E-state index contributed by atoms with van der Waals surface area (Å²) in [4.78, 5) is 17.8. The molecule has 0 saturated heterocycles. The van der Waals surface area contributed by atoms with Crippen LogP contribution in [0.25, 0.3) is 11.3 Å². The van der Waals surface area contributed by atoms with Gasteiger partial charge >= 0.3 is 0 Å². The maximum Gasteiger partial charge on any atom is 0.264 e. The minimum Gasteiger partial charge on any atom is -0.488 e. The highest BCUT2D eigenvalue weighted by Gasteiger charge is 2.34. The van der Waals surface area contributed by atoms with E-state index in [-0.39, 0.29) is 47.0 Å². The maximum atomic E-state index is 16.2. The number of nitrogens with zero attached hydrogens (tertiary/aromatic N) is 4. The zero-order chi connectivity index (χ0) is 31.0. The molecule has 1 fully saturated rings. The van der Waals surface area contributed by atoms with E-state index in [2.05, 4.69) is 24.7 Å². The second-order valence-corrected chi connectivity index (χ2v) is 13.7. The Morgan fingerprint density at radius 1 is 1.05 bits per heavy atom. The van der Waals surface area contributed by atoms with Crippen LogP contribution in [0.15, 0.2) is 59.8 Å². The first-order chi connectivity index (χ1) is 21.1. The van der Waals surface area contributed by atoms with Gasteiger partial charge in [-0.15, -0.1) is 0 Å². The number of benzene rings is 2. The van der Waals surface area contributed by atoms with E-state index in [0.717, 1.165) is 36.0 Å². The molecule has 2 aromatic carbocycles. The van der Waals surface area contributed by atoms with E-state index < -0.39 is 15.8 Å². The molecule has 1 N–H and O–H groups in total. The maximum absolute atomic E-state index is 16.2. The molecule has 2 atom stereocenters. The second-order valence-electron chi connectivity index (χ2n) is 12.0. The Morgan fingerprint density at radius 3 is 2.43 bits per heavy atom. The Morgan fingerprint density at radius 2 is 1.75 bits per heavy atom. The van der Waals surface area contributed by atoms with Gasteiger partial charge in [0.2, 0.25) is 11.8 Å². The zero-order valence-corrected chi connectivity index (χ0v) is 26.1. The highest BCUT2D eigenvalue weighted by molar-refractivity contribution is 7.92. The van der Waals surface area contributed by atoms with Crippen molar-refractivity contribution in [3.05, 3.63) is 83.2 Å². The van der Waals surface area contributed by atoms with Gasteiger partial charge in [0.15, 0.2) is 5.75 Å². The standard InChI is InChI=1S/C33H36FN5O4S/c1-19(2)43-25-16-35-28(36-17-25)15-27-23-9-6-10-26(14-23)44(40,41)39-33-37-31(29-20(3)7-5-8-21(29)4)30(34)32(38-33)42-18-24(27)13-22-11-12-22/h5-10,14,16-17,19,22,24,27H,11-13,15,18H2,1-4H3,(H,37,38,39)/t24-,27?/m1/s1. The highest BCUT2D eigenvalue weighted by Crippen LogP contribution is 2.42. The van der Waals surface area contributed by atoms with Gasteiger partial charge in [0.05, 0.1) is 30.0 Å². The van der Waals surface area contributed by atoms with Gasteiger partial charge in [0.25, 0.3) is 15.9 Å². The van der Waals surface area contributed by atoms with Gasteiger partial charge in [-0.05, 0) is 74.8 Å². The van der Waals surface area contributed by atoms with Gasteiger partial charge < -0.3 is 9.47 Å². The first kappa shape index (κ1) is 29.9. The summed E-state index contributed by atoms with van der Waals surface area (Å²) in [5, 5.41) is 0. The second kappa shape index (κ2) is 12.1. The molecule has 1 saturated carbocycles. The highest BCUT2D eigenvalue weighted by atomic mass is 32.2. The molecular weight excluding hydrogens is 581 g/mol. The van der Waals surface area contributed by atoms with E-state index >= 15 is 4.39 Å². The fourth-order valence-electron chi connectivity index (χ4n) is 5.86. The number of anilines is 1. The molecule has 230 valence electrons. The van der Waals surface area contributed by atoms with Crippen LogP contribution in [-0.4, -0.2) is 41.1 Å². The molecular formula is C33H36FN5O4S. The lowest BCUT2D eigenvalue weighted by Gasteiger charge is -2.28. The van der Waals surface area contributed by atoms with Crippen LogP contribution in [0.1, 0.15) is 61.5 Å². The predicted molar refractivity (Wildman–Crippen MR) is 165 cm³/mol. The number of hydrogen-bond donors (Lipinski definition) is 1. The molecule has 3 heterocycles. The summed E-state index contributed by atoms with van der Waals surface area (Å²) in [7, 11) is -4.12. The Balaban J connectivity index is 1.45. The fraction of sp³-hybridized carbons (Fsp3) is 0.394. The summed E-state index contributed by atoms with van der Waals surface area (Å²) in [6.45, 7) is 7.76. The summed E-state index contributed by atoms with van der Waals surface area (Å²) >= 11 is 0. The Kier molecular flexibility index (Phi) is 8.24. The number of nitrogens with one attached hydrogen (secondary N) is 1. The van der Waals surface area contributed by atoms with Crippen molar-refractivity contribution in [2.45, 2.75) is 70.3 Å². The minimum absolute atomic E-state index is 0.00734. The molecule has 11 heteroatoms. The number of halogens is 1. The summed E-state index contributed by atoms with van der Waals surface area (Å²) in [5.41, 5.74) is 2.97. The zero-order valence-electron chi connectivity index (χ0n) is 25.2. The molecule has 1 aliphatic carbocycles. The monoisotopic (exact) mass is 617 g/mol. The van der Waals surface area contributed by atoms with Crippen molar-refractivity contribution in [2.75, 3.05) is 11.3 Å². The van der Waals surface area contributed by atoms with E-state index in [9.17, 15) is 8.42 Å². The van der Waals surface area contributed by atoms with E-state index in [1.165, 1.54) is 6.07 Å². The normalized spacial score (nSPS) is 19.3. The summed E-state index contributed by atoms with van der Waals surface area (Å²) < 4.78 is 57.8. The number of aryl methyl sites for hydroxylation is 2. The molecule has 4 aromatic rings. The van der Waals surface area contributed by atoms with Crippen molar-refractivity contribution >= 4 is 16.0 Å². The molecule has 2 aliphatic rings. The van der Waals surface area contributed by atoms with Crippen LogP contribution in [0.4, 0.5) is 10.3 Å². The number of hydrogen-bond acceptors (Lipinski definition) is 8. The van der Waals surface area contributed by atoms with Gasteiger partial charge in [-0.3, -0.25) is 0 Å². The lowest BCUT2D eigenvalue weighted by Crippen LogP contribution is -2.26. The van der Waals surface area contributed by atoms with Crippen LogP contribution < -0.4 is 14.2 Å². The molecule has 0 radical (unpaired) electrons. The average molecular weight is 618 g/mol.